The summed E-state index contributed by atoms with van der Waals surface area (Å²) in [4.78, 5) is 11.5. The summed E-state index contributed by atoms with van der Waals surface area (Å²) >= 11 is 0. The van der Waals surface area contributed by atoms with Crippen molar-refractivity contribution in [3.8, 4) is 5.75 Å². The molecule has 2 aromatic rings. The number of methoxy groups -OCH3 is 1. The Balaban J connectivity index is 2.29. The van der Waals surface area contributed by atoms with Gasteiger partial charge in [-0.25, -0.2) is 0 Å². The Morgan fingerprint density at radius 3 is 2.81 bits per heavy atom. The molecular formula is C14H19N5O2. The van der Waals surface area contributed by atoms with Crippen LogP contribution in [0.4, 0.5) is 11.5 Å². The number of primary amides is 1. The average molecular weight is 289 g/mol. The van der Waals surface area contributed by atoms with Crippen molar-refractivity contribution in [1.82, 2.24) is 9.78 Å². The van der Waals surface area contributed by atoms with E-state index >= 15 is 0 Å². The van der Waals surface area contributed by atoms with Gasteiger partial charge in [-0.2, -0.15) is 5.10 Å². The van der Waals surface area contributed by atoms with Crippen LogP contribution in [0.2, 0.25) is 0 Å². The Kier molecular flexibility index (Phi) is 4.02. The molecule has 0 radical (unpaired) electrons. The first-order valence-corrected chi connectivity index (χ1v) is 6.43. The Morgan fingerprint density at radius 2 is 2.19 bits per heavy atom. The summed E-state index contributed by atoms with van der Waals surface area (Å²) in [6, 6.07) is 5.39. The molecule has 0 aliphatic carbocycles. The Morgan fingerprint density at radius 1 is 1.48 bits per heavy atom. The molecule has 112 valence electrons. The van der Waals surface area contributed by atoms with Crippen molar-refractivity contribution in [2.75, 3.05) is 18.2 Å². The molecule has 0 aliphatic heterocycles. The normalized spacial score (nSPS) is 10.4. The molecule has 0 spiro atoms. The van der Waals surface area contributed by atoms with Gasteiger partial charge >= 0.3 is 0 Å². The van der Waals surface area contributed by atoms with Crippen LogP contribution in [0.25, 0.3) is 0 Å². The van der Waals surface area contributed by atoms with Gasteiger partial charge in [0.05, 0.1) is 12.8 Å². The largest absolute Gasteiger partial charge is 0.496 e. The van der Waals surface area contributed by atoms with E-state index in [2.05, 4.69) is 10.4 Å². The molecule has 0 unspecified atom stereocenters. The number of nitrogens with zero attached hydrogens (tertiary/aromatic N) is 2. The summed E-state index contributed by atoms with van der Waals surface area (Å²) in [6.45, 7) is 2.18. The quantitative estimate of drug-likeness (QED) is 0.712. The van der Waals surface area contributed by atoms with Crippen LogP contribution in [0.15, 0.2) is 18.2 Å². The zero-order valence-corrected chi connectivity index (χ0v) is 12.3. The second kappa shape index (κ2) is 5.74. The lowest BCUT2D eigenvalue weighted by atomic mass is 10.1. The van der Waals surface area contributed by atoms with E-state index in [1.165, 1.54) is 0 Å². The topological polar surface area (TPSA) is 108 Å². The van der Waals surface area contributed by atoms with Crippen molar-refractivity contribution in [1.29, 1.82) is 0 Å². The number of amides is 1. The van der Waals surface area contributed by atoms with Gasteiger partial charge in [0.1, 0.15) is 17.1 Å². The van der Waals surface area contributed by atoms with Gasteiger partial charge < -0.3 is 21.5 Å². The number of ether oxygens (including phenoxy) is 1. The van der Waals surface area contributed by atoms with Crippen molar-refractivity contribution >= 4 is 17.4 Å². The first kappa shape index (κ1) is 14.7. The number of carbonyl (C=O) groups excluding carboxylic acids is 1. The summed E-state index contributed by atoms with van der Waals surface area (Å²) in [6.07, 6.45) is 0. The van der Waals surface area contributed by atoms with E-state index in [0.29, 0.717) is 29.3 Å². The number of nitrogens with two attached hydrogens (primary N) is 2. The zero-order valence-electron chi connectivity index (χ0n) is 12.3. The molecular weight excluding hydrogens is 270 g/mol. The lowest BCUT2D eigenvalue weighted by molar-refractivity contribution is 0.100. The highest BCUT2D eigenvalue weighted by atomic mass is 16.5. The van der Waals surface area contributed by atoms with Gasteiger partial charge in [0.25, 0.3) is 5.91 Å². The van der Waals surface area contributed by atoms with E-state index in [1.807, 2.05) is 6.07 Å². The molecule has 1 aromatic heterocycles. The number of benzene rings is 1. The molecule has 7 heteroatoms. The van der Waals surface area contributed by atoms with Crippen LogP contribution >= 0.6 is 0 Å². The van der Waals surface area contributed by atoms with Gasteiger partial charge in [-0.15, -0.1) is 0 Å². The molecule has 5 N–H and O–H groups in total. The first-order valence-electron chi connectivity index (χ1n) is 6.43. The fourth-order valence-corrected chi connectivity index (χ4v) is 2.27. The maximum atomic E-state index is 11.5. The molecule has 0 aliphatic rings. The molecule has 1 amide bonds. The molecule has 0 saturated carbocycles. The number of carbonyl (C=O) groups is 1. The molecule has 0 bridgehead atoms. The fraction of sp³-hybridized carbons (Fsp3) is 0.286. The maximum Gasteiger partial charge on any atom is 0.254 e. The molecule has 0 saturated heterocycles. The van der Waals surface area contributed by atoms with Crippen molar-refractivity contribution in [3.63, 3.8) is 0 Å². The predicted octanol–water partition coefficient (Wildman–Crippen LogP) is 1.03. The van der Waals surface area contributed by atoms with E-state index in [1.54, 1.807) is 37.9 Å². The summed E-state index contributed by atoms with van der Waals surface area (Å²) in [5, 5.41) is 7.37. The predicted molar refractivity (Wildman–Crippen MR) is 81.2 cm³/mol. The van der Waals surface area contributed by atoms with Crippen LogP contribution in [-0.2, 0) is 13.6 Å². The summed E-state index contributed by atoms with van der Waals surface area (Å²) in [5.74, 6) is 0.781. The third-order valence-electron chi connectivity index (χ3n) is 3.22. The first-order chi connectivity index (χ1) is 9.93. The molecule has 1 aromatic carbocycles. The van der Waals surface area contributed by atoms with Gasteiger partial charge in [0, 0.05) is 24.8 Å². The second-order valence-electron chi connectivity index (χ2n) is 4.72. The van der Waals surface area contributed by atoms with Crippen molar-refractivity contribution in [2.24, 2.45) is 12.8 Å². The lowest BCUT2D eigenvalue weighted by Gasteiger charge is -2.12. The zero-order chi connectivity index (χ0) is 15.6. The summed E-state index contributed by atoms with van der Waals surface area (Å²) in [7, 11) is 3.34. The highest BCUT2D eigenvalue weighted by Crippen LogP contribution is 2.24. The lowest BCUT2D eigenvalue weighted by Crippen LogP contribution is -2.15. The number of hydrogen-bond acceptors (Lipinski definition) is 5. The molecule has 0 atom stereocenters. The summed E-state index contributed by atoms with van der Waals surface area (Å²) in [5.41, 5.74) is 13.7. The second-order valence-corrected chi connectivity index (χ2v) is 4.72. The number of aromatic nitrogens is 2. The Labute approximate surface area is 122 Å². The van der Waals surface area contributed by atoms with Crippen molar-refractivity contribution in [2.45, 2.75) is 13.5 Å². The number of nitrogens with one attached hydrogen (secondary N) is 1. The summed E-state index contributed by atoms with van der Waals surface area (Å²) < 4.78 is 6.88. The van der Waals surface area contributed by atoms with E-state index in [9.17, 15) is 4.79 Å². The monoisotopic (exact) mass is 289 g/mol. The molecule has 7 nitrogen and oxygen atoms in total. The van der Waals surface area contributed by atoms with E-state index < -0.39 is 5.91 Å². The number of hydrogen-bond donors (Lipinski definition) is 3. The minimum Gasteiger partial charge on any atom is -0.496 e. The third kappa shape index (κ3) is 2.91. The highest BCUT2D eigenvalue weighted by Gasteiger charge is 2.18. The fourth-order valence-electron chi connectivity index (χ4n) is 2.27. The Hall–Kier alpha value is -2.70. The SMILES string of the molecule is COc1ccc(N)cc1CNc1c(C(N)=O)c(C)nn1C. The average Bonchev–Trinajstić information content (AvgIpc) is 2.70. The Bertz CT molecular complexity index is 678. The molecule has 2 rings (SSSR count). The van der Waals surface area contributed by atoms with Gasteiger partial charge in [-0.3, -0.25) is 9.48 Å². The minimum atomic E-state index is -0.511. The number of aryl methyl sites for hydroxylation is 2. The van der Waals surface area contributed by atoms with Crippen LogP contribution < -0.4 is 21.5 Å². The van der Waals surface area contributed by atoms with Gasteiger partial charge in [0.2, 0.25) is 0 Å². The van der Waals surface area contributed by atoms with Crippen LogP contribution in [0, 0.1) is 6.92 Å². The molecule has 21 heavy (non-hydrogen) atoms. The number of nitrogen functional groups attached to an aromatic ring is 1. The van der Waals surface area contributed by atoms with Crippen molar-refractivity contribution < 1.29 is 9.53 Å². The maximum absolute atomic E-state index is 11.5. The minimum absolute atomic E-state index is 0.389. The highest BCUT2D eigenvalue weighted by molar-refractivity contribution is 5.98. The van der Waals surface area contributed by atoms with Crippen LogP contribution in [-0.4, -0.2) is 22.8 Å². The van der Waals surface area contributed by atoms with Gasteiger partial charge in [-0.05, 0) is 25.1 Å². The van der Waals surface area contributed by atoms with E-state index in [-0.39, 0.29) is 0 Å². The van der Waals surface area contributed by atoms with Crippen LogP contribution in [0.3, 0.4) is 0 Å². The molecule has 0 fully saturated rings. The molecule has 1 heterocycles. The van der Waals surface area contributed by atoms with Crippen LogP contribution in [0.5, 0.6) is 5.75 Å². The van der Waals surface area contributed by atoms with Gasteiger partial charge in [0.15, 0.2) is 0 Å². The number of anilines is 2. The van der Waals surface area contributed by atoms with E-state index in [0.717, 1.165) is 11.3 Å². The standard InChI is InChI=1S/C14H19N5O2/c1-8-12(13(16)20)14(19(2)18-8)17-7-9-6-10(15)4-5-11(9)21-3/h4-6,17H,7,15H2,1-3H3,(H2,16,20). The number of rotatable bonds is 5. The third-order valence-corrected chi connectivity index (χ3v) is 3.22. The van der Waals surface area contributed by atoms with Gasteiger partial charge in [-0.1, -0.05) is 0 Å². The van der Waals surface area contributed by atoms with Crippen molar-refractivity contribution in [3.05, 3.63) is 35.0 Å². The van der Waals surface area contributed by atoms with E-state index in [4.69, 9.17) is 16.2 Å². The van der Waals surface area contributed by atoms with Crippen LogP contribution in [0.1, 0.15) is 21.6 Å². The smallest absolute Gasteiger partial charge is 0.254 e.